The van der Waals surface area contributed by atoms with E-state index in [1.807, 2.05) is 0 Å². The first-order chi connectivity index (χ1) is 29.9. The van der Waals surface area contributed by atoms with Gasteiger partial charge in [-0.2, -0.15) is 0 Å². The summed E-state index contributed by atoms with van der Waals surface area (Å²) in [4.78, 5) is 61.3. The van der Waals surface area contributed by atoms with Crippen molar-refractivity contribution in [3.05, 3.63) is 35.2 Å². The van der Waals surface area contributed by atoms with Crippen molar-refractivity contribution in [1.29, 1.82) is 0 Å². The highest BCUT2D eigenvalue weighted by Crippen LogP contribution is 2.74. The van der Waals surface area contributed by atoms with E-state index in [4.69, 9.17) is 52.0 Å². The van der Waals surface area contributed by atoms with Gasteiger partial charge in [-0.25, -0.2) is 48.2 Å². The number of aliphatic hydroxyl groups is 2. The van der Waals surface area contributed by atoms with Gasteiger partial charge in [0, 0.05) is 22.7 Å². The van der Waals surface area contributed by atoms with Crippen LogP contribution in [0.3, 0.4) is 0 Å². The number of carbonyl (C=O) groups excluding carboxylic acids is 2. The lowest BCUT2D eigenvalue weighted by molar-refractivity contribution is -0.0688. The Morgan fingerprint density at radius 1 is 1.02 bits per heavy atom. The zero-order valence-electron chi connectivity index (χ0n) is 34.3. The van der Waals surface area contributed by atoms with Crippen LogP contribution in [0.2, 0.25) is 0 Å². The van der Waals surface area contributed by atoms with Gasteiger partial charge in [0.15, 0.2) is 34.8 Å². The number of H-pyrrole nitrogens is 1. The number of rotatable bonds is 11. The number of nitrogen functional groups attached to an aromatic ring is 1. The Labute approximate surface area is 360 Å². The van der Waals surface area contributed by atoms with Gasteiger partial charge in [-0.05, 0) is 47.0 Å². The van der Waals surface area contributed by atoms with Crippen LogP contribution < -0.4 is 11.3 Å². The van der Waals surface area contributed by atoms with E-state index >= 15 is 9.13 Å². The Hall–Kier alpha value is -4.27. The van der Waals surface area contributed by atoms with Crippen molar-refractivity contribution >= 4 is 66.5 Å². The lowest BCUT2D eigenvalue weighted by Gasteiger charge is -2.32. The number of hydrogen-bond acceptors (Lipinski definition) is 24. The van der Waals surface area contributed by atoms with Crippen LogP contribution in [0.15, 0.2) is 23.8 Å². The maximum Gasteiger partial charge on any atom is 0.510 e. The number of aromatic amines is 1. The van der Waals surface area contributed by atoms with E-state index in [1.165, 1.54) is 30.5 Å². The number of carbonyl (C=O) groups is 2. The molecule has 6 heterocycles. The number of imidazole rings is 2. The second-order valence-corrected chi connectivity index (χ2v) is 21.3. The van der Waals surface area contributed by atoms with Crippen molar-refractivity contribution in [3.63, 3.8) is 0 Å². The van der Waals surface area contributed by atoms with E-state index in [9.17, 15) is 24.6 Å². The minimum absolute atomic E-state index is 0.0215. The molecule has 0 aromatic carbocycles. The lowest BCUT2D eigenvalue weighted by Crippen LogP contribution is -2.38. The monoisotopic (exact) mass is 945 g/mol. The summed E-state index contributed by atoms with van der Waals surface area (Å²) in [6.07, 6.45) is -6.32. The number of phosphoric acid groups is 1. The Morgan fingerprint density at radius 3 is 2.46 bits per heavy atom. The predicted molar refractivity (Wildman–Crippen MR) is 213 cm³/mol. The van der Waals surface area contributed by atoms with Gasteiger partial charge in [-0.15, -0.1) is 0 Å². The van der Waals surface area contributed by atoms with Crippen LogP contribution in [-0.2, 0) is 55.4 Å². The summed E-state index contributed by atoms with van der Waals surface area (Å²) in [6.45, 7) is 0.434. The maximum absolute atomic E-state index is 15.0. The second kappa shape index (κ2) is 17.6. The highest BCUT2D eigenvalue weighted by atomic mass is 32.7. The molecule has 4 fully saturated rings. The Balaban J connectivity index is 1.19. The van der Waals surface area contributed by atoms with E-state index in [0.29, 0.717) is 11.4 Å². The molecule has 8 rings (SSSR count). The van der Waals surface area contributed by atoms with Crippen LogP contribution >= 0.6 is 26.0 Å². The quantitative estimate of drug-likeness (QED) is 0.0953. The number of nitrogens with one attached hydrogen (secondary N) is 1. The first-order valence-corrected chi connectivity index (χ1v) is 24.2. The smallest absolute Gasteiger partial charge is 0.432 e. The van der Waals surface area contributed by atoms with Gasteiger partial charge < -0.3 is 49.2 Å². The molecule has 2 saturated carbocycles. The summed E-state index contributed by atoms with van der Waals surface area (Å²) in [5.41, 5.74) is 4.64. The highest BCUT2D eigenvalue weighted by molar-refractivity contribution is 8.55. The first-order valence-electron chi connectivity index (χ1n) is 19.6. The maximum atomic E-state index is 15.0. The van der Waals surface area contributed by atoms with Crippen molar-refractivity contribution in [2.75, 3.05) is 38.3 Å². The number of aromatic nitrogens is 8. The Bertz CT molecular complexity index is 2520. The van der Waals surface area contributed by atoms with Crippen molar-refractivity contribution in [2.45, 2.75) is 89.9 Å². The summed E-state index contributed by atoms with van der Waals surface area (Å²) >= 11 is 0.466. The average Bonchev–Trinajstić information content (AvgIpc) is 3.50. The number of aryl methyl sites for hydroxylation is 1. The fourth-order valence-electron chi connectivity index (χ4n) is 8.08. The SMILES string of the molecule is Cc1nc2c(ncn2[C@@H]2O[C@@H]3COP(=O)(SCOC(=O)OC(C)C)O[C@H]4[C@@H](O)[C@H](n5cnc6c(N)ncnc65)[C@H]5CC54COP(=O)(OCOC(=O)OC(C)C)O[C@@H]2[C@@H]3CO)c(=O)[nH]1. The fourth-order valence-corrected chi connectivity index (χ4v) is 12.2. The Kier molecular flexibility index (Phi) is 12.7. The van der Waals surface area contributed by atoms with E-state index in [-0.39, 0.29) is 40.4 Å². The number of ether oxygens (including phenoxy) is 5. The van der Waals surface area contributed by atoms with Crippen LogP contribution in [0, 0.1) is 24.2 Å². The molecule has 2 aliphatic carbocycles. The lowest BCUT2D eigenvalue weighted by atomic mass is 9.99. The minimum Gasteiger partial charge on any atom is -0.432 e. The summed E-state index contributed by atoms with van der Waals surface area (Å²) in [7, 11) is -4.99. The highest BCUT2D eigenvalue weighted by Gasteiger charge is 2.74. The number of anilines is 1. The number of nitrogens with two attached hydrogens (primary N) is 1. The molecule has 63 heavy (non-hydrogen) atoms. The van der Waals surface area contributed by atoms with Crippen LogP contribution in [-0.4, -0.2) is 131 Å². The third kappa shape index (κ3) is 8.93. The predicted octanol–water partition coefficient (Wildman–Crippen LogP) is 3.10. The van der Waals surface area contributed by atoms with Gasteiger partial charge in [0.25, 0.3) is 5.56 Å². The van der Waals surface area contributed by atoms with Gasteiger partial charge in [-0.1, -0.05) is 0 Å². The molecule has 2 aliphatic heterocycles. The van der Waals surface area contributed by atoms with Crippen molar-refractivity contribution in [1.82, 2.24) is 39.0 Å². The molecule has 2 saturated heterocycles. The van der Waals surface area contributed by atoms with Gasteiger partial charge in [0.1, 0.15) is 36.0 Å². The van der Waals surface area contributed by atoms with E-state index in [2.05, 4.69) is 29.9 Å². The molecule has 0 radical (unpaired) electrons. The van der Waals surface area contributed by atoms with Crippen molar-refractivity contribution in [3.8, 4) is 0 Å². The molecule has 4 aliphatic rings. The van der Waals surface area contributed by atoms with Gasteiger partial charge in [-0.3, -0.25) is 27.5 Å². The largest absolute Gasteiger partial charge is 0.510 e. The van der Waals surface area contributed by atoms with E-state index in [0.717, 1.165) is 0 Å². The third-order valence-corrected chi connectivity index (χ3v) is 15.6. The van der Waals surface area contributed by atoms with Crippen molar-refractivity contribution in [2.24, 2.45) is 17.3 Å². The van der Waals surface area contributed by atoms with Crippen molar-refractivity contribution < 1.29 is 75.2 Å². The zero-order chi connectivity index (χ0) is 45.0. The minimum atomic E-state index is -4.99. The zero-order valence-corrected chi connectivity index (χ0v) is 36.9. The number of phosphoric ester groups is 1. The molecule has 1 spiro atoms. The summed E-state index contributed by atoms with van der Waals surface area (Å²) < 4.78 is 89.9. The molecule has 4 aromatic heterocycles. The number of aliphatic hydroxyl groups excluding tert-OH is 2. The van der Waals surface area contributed by atoms with Crippen LogP contribution in [0.5, 0.6) is 0 Å². The number of nitrogens with zero attached hydrogens (tertiary/aromatic N) is 7. The molecule has 344 valence electrons. The topological polar surface area (TPSA) is 334 Å². The van der Waals surface area contributed by atoms with E-state index < -0.39 is 131 Å². The second-order valence-electron chi connectivity index (χ2n) is 15.7. The molecule has 11 atom stereocenters. The molecular weight excluding hydrogens is 900 g/mol. The van der Waals surface area contributed by atoms with Gasteiger partial charge >= 0.3 is 26.9 Å². The van der Waals surface area contributed by atoms with Gasteiger partial charge in [0.05, 0.1) is 56.8 Å². The van der Waals surface area contributed by atoms with Crippen LogP contribution in [0.4, 0.5) is 15.4 Å². The molecule has 2 bridgehead atoms. The van der Waals surface area contributed by atoms with Crippen LogP contribution in [0.25, 0.3) is 22.3 Å². The molecule has 4 aromatic rings. The molecule has 5 N–H and O–H groups in total. The number of hydrogen-bond donors (Lipinski definition) is 4. The average molecular weight is 946 g/mol. The normalized spacial score (nSPS) is 33.0. The Morgan fingerprint density at radius 2 is 1.73 bits per heavy atom. The first kappa shape index (κ1) is 45.3. The molecular formula is C34H45N9O17P2S. The number of fused-ring (bicyclic) bond motifs is 4. The fraction of sp³-hybridized carbons (Fsp3) is 0.647. The summed E-state index contributed by atoms with van der Waals surface area (Å²) in [5.74, 6) is -2.05. The summed E-state index contributed by atoms with van der Waals surface area (Å²) in [6, 6.07) is -0.881. The molecule has 0 amide bonds. The van der Waals surface area contributed by atoms with Crippen LogP contribution in [0.1, 0.15) is 52.2 Å². The molecule has 3 unspecified atom stereocenters. The summed E-state index contributed by atoms with van der Waals surface area (Å²) in [5, 5.41) is 23.0. The van der Waals surface area contributed by atoms with E-state index in [1.54, 1.807) is 32.3 Å². The van der Waals surface area contributed by atoms with Gasteiger partial charge in [0.2, 0.25) is 6.79 Å². The molecule has 29 heteroatoms. The third-order valence-electron chi connectivity index (χ3n) is 10.9. The standard InChI is InChI=1S/C34H45N9O17P2S/c1-15(2)56-32(47)51-13-55-61(49)54-9-34-6-19(34)23(42-11-38-21-27(35)36-10-37-28(21)42)24(45)26(34)60-62(50,63-14-52-33(48)57-16(3)4)53-8-20-18(7-44)25(59-61)31(58-20)43-12-39-22-29(43)40-17(5)41-30(22)46/h10-12,15-16,18-20,23-26,31,44-45H,6-9,13-14H2,1-5H3,(H2,35,36,37)(H,40,41,46)/t18-,19-,20-,23-,24+,25-,26+,31-,34?,61?,62?/m1/s1. The molecule has 26 nitrogen and oxygen atoms in total.